The summed E-state index contributed by atoms with van der Waals surface area (Å²) in [5.41, 5.74) is 20.7. The van der Waals surface area contributed by atoms with E-state index in [1.165, 1.54) is 0 Å². The van der Waals surface area contributed by atoms with Gasteiger partial charge in [-0.2, -0.15) is 0 Å². The van der Waals surface area contributed by atoms with Gasteiger partial charge in [-0.25, -0.2) is 0 Å². The van der Waals surface area contributed by atoms with Crippen LogP contribution in [0.3, 0.4) is 0 Å². The summed E-state index contributed by atoms with van der Waals surface area (Å²) in [6.45, 7) is 0. The number of anilines is 3. The normalized spacial score (nSPS) is 10.8. The molecule has 2 aromatic carbocycles. The summed E-state index contributed by atoms with van der Waals surface area (Å²) < 4.78 is 0. The maximum atomic E-state index is 5.75. The van der Waals surface area contributed by atoms with Crippen LogP contribution in [0.2, 0.25) is 0 Å². The van der Waals surface area contributed by atoms with Crippen LogP contribution in [0.25, 0.3) is 12.2 Å². The molecule has 0 aromatic heterocycles. The summed E-state index contributed by atoms with van der Waals surface area (Å²) in [7, 11) is 0. The zero-order valence-electron chi connectivity index (χ0n) is 9.43. The van der Waals surface area contributed by atoms with E-state index in [9.17, 15) is 0 Å². The van der Waals surface area contributed by atoms with Crippen LogP contribution in [0.4, 0.5) is 17.1 Å². The van der Waals surface area contributed by atoms with Crippen LogP contribution in [-0.2, 0) is 0 Å². The molecule has 0 saturated heterocycles. The topological polar surface area (TPSA) is 78.1 Å². The molecule has 3 heteroatoms. The molecule has 86 valence electrons. The van der Waals surface area contributed by atoms with Crippen LogP contribution in [-0.4, -0.2) is 0 Å². The number of rotatable bonds is 2. The standard InChI is InChI=1S/C14H15N3/c15-12-8-11(9-13(16)14(12)17)7-6-10-4-2-1-3-5-10/h1-9H,15-17H2. The van der Waals surface area contributed by atoms with Crippen LogP contribution in [0.1, 0.15) is 11.1 Å². The van der Waals surface area contributed by atoms with Crippen LogP contribution < -0.4 is 17.2 Å². The van der Waals surface area contributed by atoms with Gasteiger partial charge in [-0.3, -0.25) is 0 Å². The lowest BCUT2D eigenvalue weighted by Gasteiger charge is -2.05. The fraction of sp³-hybridized carbons (Fsp3) is 0. The van der Waals surface area contributed by atoms with E-state index in [1.807, 2.05) is 54.6 Å². The predicted octanol–water partition coefficient (Wildman–Crippen LogP) is 2.60. The largest absolute Gasteiger partial charge is 0.397 e. The molecule has 0 unspecified atom stereocenters. The predicted molar refractivity (Wildman–Crippen MR) is 75.0 cm³/mol. The van der Waals surface area contributed by atoms with Gasteiger partial charge in [-0.1, -0.05) is 42.5 Å². The minimum Gasteiger partial charge on any atom is -0.397 e. The van der Waals surface area contributed by atoms with Crippen molar-refractivity contribution in [3.8, 4) is 0 Å². The summed E-state index contributed by atoms with van der Waals surface area (Å²) in [5, 5.41) is 0. The first-order chi connectivity index (χ1) is 8.16. The molecule has 6 N–H and O–H groups in total. The van der Waals surface area contributed by atoms with Crippen molar-refractivity contribution in [2.45, 2.75) is 0 Å². The molecular weight excluding hydrogens is 210 g/mol. The Hall–Kier alpha value is -2.42. The number of benzene rings is 2. The first-order valence-electron chi connectivity index (χ1n) is 5.34. The van der Waals surface area contributed by atoms with Gasteiger partial charge in [0.1, 0.15) is 0 Å². The fourth-order valence-electron chi connectivity index (χ4n) is 1.58. The van der Waals surface area contributed by atoms with Crippen molar-refractivity contribution in [3.05, 3.63) is 53.6 Å². The Morgan fingerprint density at radius 2 is 1.24 bits per heavy atom. The zero-order valence-corrected chi connectivity index (χ0v) is 9.43. The molecule has 0 saturated carbocycles. The van der Waals surface area contributed by atoms with E-state index in [-0.39, 0.29) is 0 Å². The Balaban J connectivity index is 2.28. The van der Waals surface area contributed by atoms with Crippen molar-refractivity contribution in [2.24, 2.45) is 0 Å². The molecule has 0 aliphatic carbocycles. The first kappa shape index (κ1) is 11.1. The Kier molecular flexibility index (Phi) is 3.01. The summed E-state index contributed by atoms with van der Waals surface area (Å²) >= 11 is 0. The molecule has 0 amide bonds. The molecular formula is C14H15N3. The van der Waals surface area contributed by atoms with Crippen LogP contribution in [0.15, 0.2) is 42.5 Å². The molecule has 0 heterocycles. The van der Waals surface area contributed by atoms with E-state index in [4.69, 9.17) is 17.2 Å². The number of hydrogen-bond donors (Lipinski definition) is 3. The van der Waals surface area contributed by atoms with Crippen LogP contribution in [0, 0.1) is 0 Å². The number of hydrogen-bond acceptors (Lipinski definition) is 3. The molecule has 0 spiro atoms. The monoisotopic (exact) mass is 225 g/mol. The lowest BCUT2D eigenvalue weighted by Crippen LogP contribution is -2.00. The van der Waals surface area contributed by atoms with Gasteiger partial charge in [0, 0.05) is 0 Å². The second-order valence-corrected chi connectivity index (χ2v) is 3.86. The Bertz CT molecular complexity index is 522. The third-order valence-electron chi connectivity index (χ3n) is 2.53. The smallest absolute Gasteiger partial charge is 0.0781 e. The highest BCUT2D eigenvalue weighted by molar-refractivity contribution is 5.82. The van der Waals surface area contributed by atoms with Crippen molar-refractivity contribution >= 4 is 29.2 Å². The van der Waals surface area contributed by atoms with Gasteiger partial charge < -0.3 is 17.2 Å². The third-order valence-corrected chi connectivity index (χ3v) is 2.53. The summed E-state index contributed by atoms with van der Waals surface area (Å²) in [6.07, 6.45) is 3.96. The lowest BCUT2D eigenvalue weighted by atomic mass is 10.1. The Morgan fingerprint density at radius 3 is 1.82 bits per heavy atom. The van der Waals surface area contributed by atoms with Crippen LogP contribution >= 0.6 is 0 Å². The van der Waals surface area contributed by atoms with E-state index in [2.05, 4.69) is 0 Å². The van der Waals surface area contributed by atoms with Gasteiger partial charge in [0.15, 0.2) is 0 Å². The van der Waals surface area contributed by atoms with Crippen molar-refractivity contribution in [2.75, 3.05) is 17.2 Å². The highest BCUT2D eigenvalue weighted by Crippen LogP contribution is 2.25. The maximum absolute atomic E-state index is 5.75. The SMILES string of the molecule is Nc1cc(C=Cc2ccccc2)cc(N)c1N. The summed E-state index contributed by atoms with van der Waals surface area (Å²) in [6, 6.07) is 13.6. The van der Waals surface area contributed by atoms with Crippen molar-refractivity contribution in [3.63, 3.8) is 0 Å². The average Bonchev–Trinajstić information content (AvgIpc) is 2.34. The average molecular weight is 225 g/mol. The van der Waals surface area contributed by atoms with Gasteiger partial charge >= 0.3 is 0 Å². The minimum absolute atomic E-state index is 0.446. The van der Waals surface area contributed by atoms with Gasteiger partial charge in [0.25, 0.3) is 0 Å². The fourth-order valence-corrected chi connectivity index (χ4v) is 1.58. The molecule has 0 atom stereocenters. The first-order valence-corrected chi connectivity index (χ1v) is 5.34. The van der Waals surface area contributed by atoms with E-state index in [1.54, 1.807) is 0 Å². The van der Waals surface area contributed by atoms with Gasteiger partial charge in [-0.05, 0) is 23.3 Å². The molecule has 0 aliphatic rings. The molecule has 17 heavy (non-hydrogen) atoms. The molecule has 0 aliphatic heterocycles. The Morgan fingerprint density at radius 1 is 0.706 bits per heavy atom. The summed E-state index contributed by atoms with van der Waals surface area (Å²) in [4.78, 5) is 0. The molecule has 3 nitrogen and oxygen atoms in total. The van der Waals surface area contributed by atoms with E-state index < -0.39 is 0 Å². The van der Waals surface area contributed by atoms with Gasteiger partial charge in [0.05, 0.1) is 17.1 Å². The number of nitrogens with two attached hydrogens (primary N) is 3. The highest BCUT2D eigenvalue weighted by atomic mass is 14.7. The van der Waals surface area contributed by atoms with Crippen molar-refractivity contribution in [1.29, 1.82) is 0 Å². The minimum atomic E-state index is 0.446. The van der Waals surface area contributed by atoms with Gasteiger partial charge in [-0.15, -0.1) is 0 Å². The number of nitrogen functional groups attached to an aromatic ring is 3. The van der Waals surface area contributed by atoms with E-state index in [0.29, 0.717) is 17.1 Å². The third kappa shape index (κ3) is 2.58. The summed E-state index contributed by atoms with van der Waals surface area (Å²) in [5.74, 6) is 0. The second-order valence-electron chi connectivity index (χ2n) is 3.86. The van der Waals surface area contributed by atoms with Crippen molar-refractivity contribution in [1.82, 2.24) is 0 Å². The quantitative estimate of drug-likeness (QED) is 0.543. The van der Waals surface area contributed by atoms with E-state index >= 15 is 0 Å². The molecule has 0 radical (unpaired) electrons. The molecule has 2 rings (SSSR count). The maximum Gasteiger partial charge on any atom is 0.0781 e. The highest BCUT2D eigenvalue weighted by Gasteiger charge is 2.00. The van der Waals surface area contributed by atoms with Crippen LogP contribution in [0.5, 0.6) is 0 Å². The van der Waals surface area contributed by atoms with Gasteiger partial charge in [0.2, 0.25) is 0 Å². The Labute approximate surface area is 101 Å². The molecule has 0 fully saturated rings. The second kappa shape index (κ2) is 4.61. The van der Waals surface area contributed by atoms with E-state index in [0.717, 1.165) is 11.1 Å². The van der Waals surface area contributed by atoms with Crippen molar-refractivity contribution < 1.29 is 0 Å². The molecule has 2 aromatic rings. The molecule has 0 bridgehead atoms. The zero-order chi connectivity index (χ0) is 12.3. The lowest BCUT2D eigenvalue weighted by molar-refractivity contribution is 1.61.